The van der Waals surface area contributed by atoms with Crippen molar-refractivity contribution >= 4 is 38.4 Å². The van der Waals surface area contributed by atoms with Crippen molar-refractivity contribution in [3.8, 4) is 11.5 Å². The highest BCUT2D eigenvalue weighted by molar-refractivity contribution is 7.92. The summed E-state index contributed by atoms with van der Waals surface area (Å²) < 4.78 is 33.8. The van der Waals surface area contributed by atoms with Gasteiger partial charge in [0.2, 0.25) is 11.8 Å². The third-order valence-corrected chi connectivity index (χ3v) is 5.79. The van der Waals surface area contributed by atoms with E-state index in [1.807, 2.05) is 31.2 Å². The van der Waals surface area contributed by atoms with Crippen molar-refractivity contribution < 1.29 is 17.6 Å². The topological polar surface area (TPSA) is 101 Å². The highest BCUT2D eigenvalue weighted by Gasteiger charge is 2.16. The number of carbonyl (C=O) groups excluding carboxylic acids is 1. The average Bonchev–Trinajstić information content (AvgIpc) is 3.11. The number of nitrogens with one attached hydrogen (secondary N) is 2. The Balaban J connectivity index is 1.59. The Labute approximate surface area is 173 Å². The van der Waals surface area contributed by atoms with Crippen LogP contribution in [-0.4, -0.2) is 19.3 Å². The number of oxazole rings is 1. The molecule has 4 rings (SSSR count). The van der Waals surface area contributed by atoms with Gasteiger partial charge in [0.25, 0.3) is 10.0 Å². The van der Waals surface area contributed by atoms with Crippen LogP contribution in [-0.2, 0) is 14.8 Å². The molecule has 1 aromatic heterocycles. The van der Waals surface area contributed by atoms with Gasteiger partial charge in [0, 0.05) is 24.2 Å². The second kappa shape index (κ2) is 7.64. The molecule has 1 amide bonds. The minimum Gasteiger partial charge on any atom is -0.436 e. The molecule has 30 heavy (non-hydrogen) atoms. The lowest BCUT2D eigenvalue weighted by Crippen LogP contribution is -2.13. The zero-order valence-corrected chi connectivity index (χ0v) is 17.2. The summed E-state index contributed by atoms with van der Waals surface area (Å²) in [6.45, 7) is 3.37. The van der Waals surface area contributed by atoms with Crippen molar-refractivity contribution in [2.45, 2.75) is 18.7 Å². The fourth-order valence-corrected chi connectivity index (χ4v) is 4.07. The van der Waals surface area contributed by atoms with Crippen LogP contribution in [0.3, 0.4) is 0 Å². The number of aryl methyl sites for hydroxylation is 1. The molecule has 0 atom stereocenters. The van der Waals surface area contributed by atoms with E-state index in [9.17, 15) is 13.2 Å². The Morgan fingerprint density at radius 3 is 2.40 bits per heavy atom. The first-order valence-electron chi connectivity index (χ1n) is 9.18. The molecule has 0 aliphatic rings. The average molecular weight is 421 g/mol. The number of hydrogen-bond acceptors (Lipinski definition) is 5. The first kappa shape index (κ1) is 19.7. The fraction of sp³-hybridized carbons (Fsp3) is 0.0909. The highest BCUT2D eigenvalue weighted by Crippen LogP contribution is 2.28. The quantitative estimate of drug-likeness (QED) is 0.492. The summed E-state index contributed by atoms with van der Waals surface area (Å²) in [5.74, 6) is 0.247. The predicted octanol–water partition coefficient (Wildman–Crippen LogP) is 4.56. The van der Waals surface area contributed by atoms with Crippen molar-refractivity contribution in [1.29, 1.82) is 0 Å². The summed E-state index contributed by atoms with van der Waals surface area (Å²) in [6.07, 6.45) is 0. The van der Waals surface area contributed by atoms with Gasteiger partial charge in [-0.25, -0.2) is 13.4 Å². The van der Waals surface area contributed by atoms with Gasteiger partial charge in [0.15, 0.2) is 5.58 Å². The van der Waals surface area contributed by atoms with E-state index in [0.717, 1.165) is 11.1 Å². The minimum absolute atomic E-state index is 0.0784. The molecule has 0 saturated heterocycles. The molecule has 0 fully saturated rings. The van der Waals surface area contributed by atoms with Crippen molar-refractivity contribution in [1.82, 2.24) is 4.98 Å². The highest BCUT2D eigenvalue weighted by atomic mass is 32.2. The second-order valence-electron chi connectivity index (χ2n) is 6.88. The monoisotopic (exact) mass is 421 g/mol. The van der Waals surface area contributed by atoms with E-state index in [2.05, 4.69) is 15.0 Å². The molecule has 0 unspecified atom stereocenters. The van der Waals surface area contributed by atoms with E-state index in [1.54, 1.807) is 18.2 Å². The lowest BCUT2D eigenvalue weighted by molar-refractivity contribution is -0.114. The zero-order chi connectivity index (χ0) is 21.3. The van der Waals surface area contributed by atoms with Crippen LogP contribution in [0.15, 0.2) is 76.0 Å². The van der Waals surface area contributed by atoms with Gasteiger partial charge in [0.1, 0.15) is 5.52 Å². The Hall–Kier alpha value is -3.65. The third kappa shape index (κ3) is 4.18. The predicted molar refractivity (Wildman–Crippen MR) is 116 cm³/mol. The summed E-state index contributed by atoms with van der Waals surface area (Å²) in [7, 11) is -3.80. The maximum Gasteiger partial charge on any atom is 0.261 e. The lowest BCUT2D eigenvalue weighted by atomic mass is 10.1. The smallest absolute Gasteiger partial charge is 0.261 e. The first-order chi connectivity index (χ1) is 14.3. The van der Waals surface area contributed by atoms with Gasteiger partial charge < -0.3 is 9.73 Å². The van der Waals surface area contributed by atoms with Crippen molar-refractivity contribution in [3.63, 3.8) is 0 Å². The van der Waals surface area contributed by atoms with Crippen LogP contribution in [0.1, 0.15) is 12.5 Å². The first-order valence-corrected chi connectivity index (χ1v) is 10.7. The number of aromatic nitrogens is 1. The van der Waals surface area contributed by atoms with Gasteiger partial charge in [-0.05, 0) is 55.5 Å². The number of benzene rings is 3. The van der Waals surface area contributed by atoms with E-state index in [4.69, 9.17) is 4.42 Å². The molecule has 0 radical (unpaired) electrons. The Kier molecular flexibility index (Phi) is 5.01. The minimum atomic E-state index is -3.80. The Bertz CT molecular complexity index is 1340. The third-order valence-electron chi connectivity index (χ3n) is 4.39. The fourth-order valence-electron chi connectivity index (χ4n) is 3.02. The van der Waals surface area contributed by atoms with E-state index >= 15 is 0 Å². The van der Waals surface area contributed by atoms with Crippen LogP contribution in [0, 0.1) is 6.92 Å². The number of carbonyl (C=O) groups is 1. The Morgan fingerprint density at radius 2 is 1.70 bits per heavy atom. The molecule has 152 valence electrons. The number of amides is 1. The molecule has 0 aliphatic carbocycles. The summed E-state index contributed by atoms with van der Waals surface area (Å²) >= 11 is 0. The second-order valence-corrected chi connectivity index (χ2v) is 8.56. The molecule has 8 heteroatoms. The number of hydrogen-bond donors (Lipinski definition) is 2. The van der Waals surface area contributed by atoms with Crippen molar-refractivity contribution in [2.75, 3.05) is 10.0 Å². The SMILES string of the molecule is CC(=O)Nc1ccc(S(=O)(=O)Nc2ccc3nc(-c4cccc(C)c4)oc3c2)cc1. The summed E-state index contributed by atoms with van der Waals surface area (Å²) in [4.78, 5) is 15.6. The van der Waals surface area contributed by atoms with Crippen molar-refractivity contribution in [2.24, 2.45) is 0 Å². The normalized spacial score (nSPS) is 11.4. The summed E-state index contributed by atoms with van der Waals surface area (Å²) in [5, 5.41) is 2.60. The number of anilines is 2. The van der Waals surface area contributed by atoms with E-state index < -0.39 is 10.0 Å². The van der Waals surface area contributed by atoms with Gasteiger partial charge >= 0.3 is 0 Å². The molecule has 3 aromatic carbocycles. The molecule has 0 spiro atoms. The summed E-state index contributed by atoms with van der Waals surface area (Å²) in [6, 6.07) is 18.7. The Morgan fingerprint density at radius 1 is 0.967 bits per heavy atom. The van der Waals surface area contributed by atoms with Gasteiger partial charge in [-0.1, -0.05) is 17.7 Å². The van der Waals surface area contributed by atoms with Crippen LogP contribution in [0.25, 0.3) is 22.6 Å². The maximum absolute atomic E-state index is 12.7. The summed E-state index contributed by atoms with van der Waals surface area (Å²) in [5.41, 5.74) is 3.94. The zero-order valence-electron chi connectivity index (χ0n) is 16.3. The van der Waals surface area contributed by atoms with Crippen LogP contribution in [0.5, 0.6) is 0 Å². The van der Waals surface area contributed by atoms with Crippen LogP contribution in [0.2, 0.25) is 0 Å². The molecule has 0 bridgehead atoms. The molecular formula is C22H19N3O4S. The van der Waals surface area contributed by atoms with Gasteiger partial charge in [0.05, 0.1) is 10.6 Å². The largest absolute Gasteiger partial charge is 0.436 e. The lowest BCUT2D eigenvalue weighted by Gasteiger charge is -2.09. The molecule has 0 aliphatic heterocycles. The number of sulfonamides is 1. The van der Waals surface area contributed by atoms with E-state index in [-0.39, 0.29) is 10.8 Å². The van der Waals surface area contributed by atoms with Crippen LogP contribution < -0.4 is 10.0 Å². The maximum atomic E-state index is 12.7. The molecular weight excluding hydrogens is 402 g/mol. The van der Waals surface area contributed by atoms with Gasteiger partial charge in [-0.15, -0.1) is 0 Å². The van der Waals surface area contributed by atoms with Crippen molar-refractivity contribution in [3.05, 3.63) is 72.3 Å². The molecule has 4 aromatic rings. The van der Waals surface area contributed by atoms with E-state index in [0.29, 0.717) is 28.4 Å². The van der Waals surface area contributed by atoms with Crippen LogP contribution >= 0.6 is 0 Å². The standard InChI is InChI=1S/C22H19N3O4S/c1-14-4-3-5-16(12-14)22-24-20-11-8-18(13-21(20)29-22)25-30(27,28)19-9-6-17(7-10-19)23-15(2)26/h3-13,25H,1-2H3,(H,23,26). The number of rotatable bonds is 5. The molecule has 2 N–H and O–H groups in total. The van der Waals surface area contributed by atoms with Crippen LogP contribution in [0.4, 0.5) is 11.4 Å². The molecule has 0 saturated carbocycles. The number of nitrogens with zero attached hydrogens (tertiary/aromatic N) is 1. The molecule has 7 nitrogen and oxygen atoms in total. The van der Waals surface area contributed by atoms with Gasteiger partial charge in [-0.2, -0.15) is 0 Å². The van der Waals surface area contributed by atoms with E-state index in [1.165, 1.54) is 31.2 Å². The number of fused-ring (bicyclic) bond motifs is 1. The molecule has 1 heterocycles. The van der Waals surface area contributed by atoms with Gasteiger partial charge in [-0.3, -0.25) is 9.52 Å².